The summed E-state index contributed by atoms with van der Waals surface area (Å²) in [6.45, 7) is 1.93. The molecule has 0 radical (unpaired) electrons. The third kappa shape index (κ3) is 3.08. The van der Waals surface area contributed by atoms with Crippen molar-refractivity contribution in [3.63, 3.8) is 0 Å². The van der Waals surface area contributed by atoms with Crippen molar-refractivity contribution in [2.75, 3.05) is 12.4 Å². The van der Waals surface area contributed by atoms with E-state index in [1.807, 2.05) is 43.3 Å². The molecule has 0 unspecified atom stereocenters. The van der Waals surface area contributed by atoms with E-state index in [-0.39, 0.29) is 11.6 Å². The highest BCUT2D eigenvalue weighted by Crippen LogP contribution is 2.26. The highest BCUT2D eigenvalue weighted by Gasteiger charge is 2.18. The molecule has 3 rings (SSSR count). The van der Waals surface area contributed by atoms with Gasteiger partial charge < -0.3 is 14.5 Å². The summed E-state index contributed by atoms with van der Waals surface area (Å²) in [7, 11) is 1.60. The molecule has 1 amide bonds. The van der Waals surface area contributed by atoms with Crippen LogP contribution in [0.25, 0.3) is 11.3 Å². The number of carbonyl (C=O) groups excluding carboxylic acids is 1. The molecule has 1 N–H and O–H groups in total. The Balaban J connectivity index is 1.88. The van der Waals surface area contributed by atoms with Gasteiger partial charge in [0.05, 0.1) is 7.11 Å². The molecule has 5 nitrogen and oxygen atoms in total. The Kier molecular flexibility index (Phi) is 4.10. The summed E-state index contributed by atoms with van der Waals surface area (Å²) in [6.07, 6.45) is 1.27. The molecule has 0 spiro atoms. The van der Waals surface area contributed by atoms with Crippen LogP contribution in [0.4, 0.5) is 5.69 Å². The van der Waals surface area contributed by atoms with Crippen LogP contribution in [0.1, 0.15) is 16.1 Å². The minimum atomic E-state index is -0.307. The number of hydrogen-bond donors (Lipinski definition) is 1. The number of rotatable bonds is 4. The van der Waals surface area contributed by atoms with Gasteiger partial charge in [0.25, 0.3) is 5.91 Å². The molecule has 0 aliphatic carbocycles. The number of nitrogens with one attached hydrogen (secondary N) is 1. The van der Waals surface area contributed by atoms with Crippen LogP contribution in [0, 0.1) is 6.92 Å². The molecule has 23 heavy (non-hydrogen) atoms. The number of para-hydroxylation sites is 1. The quantitative estimate of drug-likeness (QED) is 0.793. The molecular weight excluding hydrogens is 292 g/mol. The van der Waals surface area contributed by atoms with Crippen molar-refractivity contribution in [1.29, 1.82) is 0 Å². The van der Waals surface area contributed by atoms with Crippen molar-refractivity contribution in [3.05, 3.63) is 66.2 Å². The first-order valence-electron chi connectivity index (χ1n) is 7.14. The fraction of sp³-hybridized carbons (Fsp3) is 0.111. The molecule has 5 heteroatoms. The standard InChI is InChI=1S/C18H16N2O3/c1-12-5-3-4-6-15(12)20-18(21)16-17(23-11-19-16)13-7-9-14(22-2)10-8-13/h3-11H,1-2H3,(H,20,21). The van der Waals surface area contributed by atoms with Crippen molar-refractivity contribution in [1.82, 2.24) is 4.98 Å². The molecule has 1 heterocycles. The first-order valence-corrected chi connectivity index (χ1v) is 7.14. The molecule has 0 aliphatic rings. The lowest BCUT2D eigenvalue weighted by Gasteiger charge is -2.07. The number of ether oxygens (including phenoxy) is 1. The van der Waals surface area contributed by atoms with Gasteiger partial charge in [-0.2, -0.15) is 0 Å². The van der Waals surface area contributed by atoms with Gasteiger partial charge in [0.2, 0.25) is 0 Å². The second-order valence-electron chi connectivity index (χ2n) is 5.03. The van der Waals surface area contributed by atoms with E-state index < -0.39 is 0 Å². The van der Waals surface area contributed by atoms with Crippen LogP contribution in [-0.2, 0) is 0 Å². The average Bonchev–Trinajstić information content (AvgIpc) is 3.07. The minimum absolute atomic E-state index is 0.249. The number of anilines is 1. The second kappa shape index (κ2) is 6.36. The lowest BCUT2D eigenvalue weighted by molar-refractivity contribution is 0.102. The van der Waals surface area contributed by atoms with Gasteiger partial charge in [-0.25, -0.2) is 4.98 Å². The maximum absolute atomic E-state index is 12.5. The second-order valence-corrected chi connectivity index (χ2v) is 5.03. The molecule has 0 atom stereocenters. The van der Waals surface area contributed by atoms with Gasteiger partial charge in [-0.1, -0.05) is 18.2 Å². The number of methoxy groups -OCH3 is 1. The van der Waals surface area contributed by atoms with E-state index in [4.69, 9.17) is 9.15 Å². The fourth-order valence-corrected chi connectivity index (χ4v) is 2.25. The molecule has 3 aromatic rings. The third-order valence-electron chi connectivity index (χ3n) is 3.53. The number of oxazole rings is 1. The first-order chi connectivity index (χ1) is 11.2. The predicted molar refractivity (Wildman–Crippen MR) is 87.6 cm³/mol. The lowest BCUT2D eigenvalue weighted by Crippen LogP contribution is -2.14. The maximum atomic E-state index is 12.5. The van der Waals surface area contributed by atoms with Crippen LogP contribution < -0.4 is 10.1 Å². The molecule has 1 aromatic heterocycles. The topological polar surface area (TPSA) is 64.4 Å². The monoisotopic (exact) mass is 308 g/mol. The number of amides is 1. The van der Waals surface area contributed by atoms with Crippen LogP contribution in [0.5, 0.6) is 5.75 Å². The number of nitrogens with zero attached hydrogens (tertiary/aromatic N) is 1. The fourth-order valence-electron chi connectivity index (χ4n) is 2.25. The molecule has 0 saturated heterocycles. The maximum Gasteiger partial charge on any atom is 0.278 e. The van der Waals surface area contributed by atoms with E-state index in [2.05, 4.69) is 10.3 Å². The molecular formula is C18H16N2O3. The smallest absolute Gasteiger partial charge is 0.278 e. The molecule has 0 aliphatic heterocycles. The molecule has 116 valence electrons. The number of carbonyl (C=O) groups is 1. The van der Waals surface area contributed by atoms with E-state index in [1.165, 1.54) is 6.39 Å². The van der Waals surface area contributed by atoms with Crippen molar-refractivity contribution in [2.24, 2.45) is 0 Å². The number of aryl methyl sites for hydroxylation is 1. The van der Waals surface area contributed by atoms with Gasteiger partial charge >= 0.3 is 0 Å². The summed E-state index contributed by atoms with van der Waals surface area (Å²) in [5.41, 5.74) is 2.74. The van der Waals surface area contributed by atoms with Crippen LogP contribution >= 0.6 is 0 Å². The predicted octanol–water partition coefficient (Wildman–Crippen LogP) is 3.91. The Labute approximate surface area is 133 Å². The van der Waals surface area contributed by atoms with Crippen molar-refractivity contribution in [3.8, 4) is 17.1 Å². The van der Waals surface area contributed by atoms with E-state index in [1.54, 1.807) is 19.2 Å². The van der Waals surface area contributed by atoms with Crippen LogP contribution in [0.2, 0.25) is 0 Å². The largest absolute Gasteiger partial charge is 0.497 e. The summed E-state index contributed by atoms with van der Waals surface area (Å²) in [5, 5.41) is 2.86. The minimum Gasteiger partial charge on any atom is -0.497 e. The normalized spacial score (nSPS) is 10.3. The highest BCUT2D eigenvalue weighted by molar-refractivity contribution is 6.06. The zero-order valence-electron chi connectivity index (χ0n) is 12.9. The van der Waals surface area contributed by atoms with Gasteiger partial charge in [-0.3, -0.25) is 4.79 Å². The molecule has 2 aromatic carbocycles. The number of aromatic nitrogens is 1. The first kappa shape index (κ1) is 14.8. The SMILES string of the molecule is COc1ccc(-c2ocnc2C(=O)Nc2ccccc2C)cc1. The van der Waals surface area contributed by atoms with E-state index in [0.717, 1.165) is 22.6 Å². The van der Waals surface area contributed by atoms with Gasteiger partial charge in [-0.05, 0) is 42.8 Å². The zero-order chi connectivity index (χ0) is 16.2. The summed E-state index contributed by atoms with van der Waals surface area (Å²) < 4.78 is 10.5. The van der Waals surface area contributed by atoms with Crippen molar-refractivity contribution >= 4 is 11.6 Å². The molecule has 0 saturated carbocycles. The Morgan fingerprint density at radius 1 is 1.13 bits per heavy atom. The Morgan fingerprint density at radius 3 is 2.57 bits per heavy atom. The third-order valence-corrected chi connectivity index (χ3v) is 3.53. The van der Waals surface area contributed by atoms with E-state index in [0.29, 0.717) is 5.76 Å². The summed E-state index contributed by atoms with van der Waals surface area (Å²) in [4.78, 5) is 16.5. The average molecular weight is 308 g/mol. The Morgan fingerprint density at radius 2 is 1.87 bits per heavy atom. The van der Waals surface area contributed by atoms with Crippen LogP contribution in [-0.4, -0.2) is 18.0 Å². The summed E-state index contributed by atoms with van der Waals surface area (Å²) in [5.74, 6) is 0.858. The highest BCUT2D eigenvalue weighted by atomic mass is 16.5. The van der Waals surface area contributed by atoms with Crippen molar-refractivity contribution < 1.29 is 13.9 Å². The number of hydrogen-bond acceptors (Lipinski definition) is 4. The summed E-state index contributed by atoms with van der Waals surface area (Å²) in [6, 6.07) is 14.8. The van der Waals surface area contributed by atoms with Gasteiger partial charge in [-0.15, -0.1) is 0 Å². The van der Waals surface area contributed by atoms with Gasteiger partial charge in [0, 0.05) is 11.3 Å². The zero-order valence-corrected chi connectivity index (χ0v) is 12.9. The molecule has 0 fully saturated rings. The lowest BCUT2D eigenvalue weighted by atomic mass is 10.1. The molecule has 0 bridgehead atoms. The van der Waals surface area contributed by atoms with Crippen LogP contribution in [0.15, 0.2) is 59.3 Å². The van der Waals surface area contributed by atoms with Crippen LogP contribution in [0.3, 0.4) is 0 Å². The van der Waals surface area contributed by atoms with Crippen molar-refractivity contribution in [2.45, 2.75) is 6.92 Å². The van der Waals surface area contributed by atoms with Gasteiger partial charge in [0.15, 0.2) is 17.8 Å². The number of benzene rings is 2. The Bertz CT molecular complexity index is 822. The van der Waals surface area contributed by atoms with E-state index in [9.17, 15) is 4.79 Å². The van der Waals surface area contributed by atoms with Gasteiger partial charge in [0.1, 0.15) is 5.75 Å². The Hall–Kier alpha value is -3.08. The summed E-state index contributed by atoms with van der Waals surface area (Å²) >= 11 is 0. The van der Waals surface area contributed by atoms with E-state index >= 15 is 0 Å².